The van der Waals surface area contributed by atoms with Crippen LogP contribution in [0.3, 0.4) is 0 Å². The summed E-state index contributed by atoms with van der Waals surface area (Å²) in [5, 5.41) is 0. The van der Waals surface area contributed by atoms with Crippen molar-refractivity contribution in [1.29, 1.82) is 0 Å². The molecule has 0 saturated heterocycles. The normalized spacial score (nSPS) is 35.7. The predicted molar refractivity (Wildman–Crippen MR) is 78.4 cm³/mol. The lowest BCUT2D eigenvalue weighted by Gasteiger charge is -2.48. The number of hydrogen-bond donors (Lipinski definition) is 0. The zero-order chi connectivity index (χ0) is 13.1. The largest absolute Gasteiger partial charge is 0.0885 e. The van der Waals surface area contributed by atoms with Crippen LogP contribution in [-0.4, -0.2) is 7.85 Å². The van der Waals surface area contributed by atoms with E-state index in [1.807, 2.05) is 0 Å². The summed E-state index contributed by atoms with van der Waals surface area (Å²) in [6, 6.07) is 0. The molecule has 1 aliphatic rings. The van der Waals surface area contributed by atoms with Crippen LogP contribution < -0.4 is 0 Å². The quantitative estimate of drug-likeness (QED) is 0.463. The lowest BCUT2D eigenvalue weighted by molar-refractivity contribution is 0.0293. The highest BCUT2D eigenvalue weighted by molar-refractivity contribution is 6.08. The molecule has 3 atom stereocenters. The van der Waals surface area contributed by atoms with E-state index in [9.17, 15) is 0 Å². The van der Waals surface area contributed by atoms with Gasteiger partial charge in [0.2, 0.25) is 0 Å². The monoisotopic (exact) mass is 232 g/mol. The Balaban J connectivity index is 3.03. The van der Waals surface area contributed by atoms with Crippen LogP contribution in [0.4, 0.5) is 0 Å². The van der Waals surface area contributed by atoms with Gasteiger partial charge in [0.1, 0.15) is 0 Å². The van der Waals surface area contributed by atoms with E-state index in [0.717, 1.165) is 6.32 Å². The van der Waals surface area contributed by atoms with Crippen LogP contribution in [0, 0.1) is 22.7 Å². The van der Waals surface area contributed by atoms with Crippen LogP contribution in [0.5, 0.6) is 0 Å². The number of rotatable bonds is 2. The molecule has 0 N–H and O–H groups in total. The summed E-state index contributed by atoms with van der Waals surface area (Å²) >= 11 is 0. The molecule has 0 aromatic heterocycles. The maximum atomic E-state index is 5.94. The Morgan fingerprint density at radius 3 is 2.53 bits per heavy atom. The van der Waals surface area contributed by atoms with Crippen LogP contribution in [0.15, 0.2) is 12.2 Å². The fraction of sp³-hybridized carbons (Fsp3) is 0.875. The zero-order valence-electron chi connectivity index (χ0n) is 12.4. The Bertz CT molecular complexity index is 267. The van der Waals surface area contributed by atoms with Crippen LogP contribution in [0.1, 0.15) is 60.3 Å². The summed E-state index contributed by atoms with van der Waals surface area (Å²) in [4.78, 5) is 0. The fourth-order valence-electron chi connectivity index (χ4n) is 3.31. The van der Waals surface area contributed by atoms with Crippen molar-refractivity contribution >= 4 is 7.85 Å². The van der Waals surface area contributed by atoms with Gasteiger partial charge in [0, 0.05) is 0 Å². The second-order valence-corrected chi connectivity index (χ2v) is 6.92. The first-order valence-electron chi connectivity index (χ1n) is 7.19. The smallest absolute Gasteiger partial charge is 0.0656 e. The van der Waals surface area contributed by atoms with Gasteiger partial charge in [0.05, 0.1) is 7.85 Å². The van der Waals surface area contributed by atoms with Gasteiger partial charge < -0.3 is 0 Å². The van der Waals surface area contributed by atoms with Gasteiger partial charge in [-0.1, -0.05) is 53.1 Å². The minimum atomic E-state index is 0.332. The van der Waals surface area contributed by atoms with Crippen molar-refractivity contribution in [2.45, 2.75) is 66.6 Å². The van der Waals surface area contributed by atoms with Gasteiger partial charge >= 0.3 is 0 Å². The van der Waals surface area contributed by atoms with Crippen LogP contribution in [-0.2, 0) is 0 Å². The van der Waals surface area contributed by atoms with Crippen molar-refractivity contribution in [1.82, 2.24) is 0 Å². The second kappa shape index (κ2) is 5.63. The summed E-state index contributed by atoms with van der Waals surface area (Å²) in [7, 11) is 5.94. The summed E-state index contributed by atoms with van der Waals surface area (Å²) in [5.41, 5.74) is 0.753. The average Bonchev–Trinajstić information content (AvgIpc) is 2.34. The van der Waals surface area contributed by atoms with E-state index in [2.05, 4.69) is 46.8 Å². The third-order valence-corrected chi connectivity index (χ3v) is 5.56. The van der Waals surface area contributed by atoms with Crippen LogP contribution in [0.25, 0.3) is 0 Å². The van der Waals surface area contributed by atoms with Gasteiger partial charge in [-0.25, -0.2) is 0 Å². The number of hydrogen-bond acceptors (Lipinski definition) is 0. The Kier molecular flexibility index (Phi) is 4.92. The van der Waals surface area contributed by atoms with E-state index in [4.69, 9.17) is 7.85 Å². The fourth-order valence-corrected chi connectivity index (χ4v) is 3.31. The third-order valence-electron chi connectivity index (χ3n) is 5.56. The zero-order valence-corrected chi connectivity index (χ0v) is 12.4. The molecule has 0 heterocycles. The lowest BCUT2D eigenvalue weighted by Crippen LogP contribution is -2.40. The Morgan fingerprint density at radius 1 is 1.29 bits per heavy atom. The first-order valence-corrected chi connectivity index (χ1v) is 7.19. The predicted octanol–water partition coefficient (Wildman–Crippen LogP) is 5.01. The first kappa shape index (κ1) is 14.9. The average molecular weight is 232 g/mol. The van der Waals surface area contributed by atoms with Crippen molar-refractivity contribution < 1.29 is 0 Å². The van der Waals surface area contributed by atoms with E-state index < -0.39 is 0 Å². The Morgan fingerprint density at radius 2 is 1.94 bits per heavy atom. The first-order chi connectivity index (χ1) is 7.84. The minimum absolute atomic E-state index is 0.332. The Labute approximate surface area is 110 Å². The molecule has 0 fully saturated rings. The van der Waals surface area contributed by atoms with E-state index in [1.54, 1.807) is 0 Å². The molecule has 0 aromatic carbocycles. The maximum absolute atomic E-state index is 5.94. The molecule has 0 nitrogen and oxygen atoms in total. The summed E-state index contributed by atoms with van der Waals surface area (Å²) in [6.45, 7) is 12.1. The minimum Gasteiger partial charge on any atom is -0.0885 e. The molecule has 0 aromatic rings. The number of allylic oxidation sites excluding steroid dienone is 2. The maximum Gasteiger partial charge on any atom is 0.0656 e. The topological polar surface area (TPSA) is 0 Å². The second-order valence-electron chi connectivity index (χ2n) is 6.92. The molecule has 3 unspecified atom stereocenters. The SMILES string of the molecule is [B]CC(C)C1(C)CC=CCCCC(C)(C)C1C. The highest BCUT2D eigenvalue weighted by atomic mass is 14.5. The van der Waals surface area contributed by atoms with E-state index in [1.165, 1.54) is 25.7 Å². The third kappa shape index (κ3) is 3.17. The summed E-state index contributed by atoms with van der Waals surface area (Å²) in [5.74, 6) is 1.29. The molecule has 17 heavy (non-hydrogen) atoms. The molecule has 0 bridgehead atoms. The highest BCUT2D eigenvalue weighted by Gasteiger charge is 2.42. The van der Waals surface area contributed by atoms with Crippen molar-refractivity contribution in [2.75, 3.05) is 0 Å². The summed E-state index contributed by atoms with van der Waals surface area (Å²) < 4.78 is 0. The van der Waals surface area contributed by atoms with Crippen molar-refractivity contribution in [2.24, 2.45) is 22.7 Å². The van der Waals surface area contributed by atoms with E-state index in [-0.39, 0.29) is 0 Å². The molecular formula is C16H29B. The highest BCUT2D eigenvalue weighted by Crippen LogP contribution is 2.50. The van der Waals surface area contributed by atoms with Gasteiger partial charge in [-0.2, -0.15) is 0 Å². The Hall–Kier alpha value is -0.195. The molecule has 1 aliphatic carbocycles. The molecular weight excluding hydrogens is 203 g/mol. The van der Waals surface area contributed by atoms with Crippen molar-refractivity contribution in [3.63, 3.8) is 0 Å². The van der Waals surface area contributed by atoms with Crippen molar-refractivity contribution in [3.05, 3.63) is 12.2 Å². The lowest BCUT2D eigenvalue weighted by atomic mass is 9.56. The van der Waals surface area contributed by atoms with Gasteiger partial charge in [0.25, 0.3) is 0 Å². The standard InChI is InChI=1S/C16H29B/c1-13(12-17)16(5)11-9-7-6-8-10-15(3,4)14(16)2/h7,9,13-14H,6,8,10-12H2,1-5H3. The molecule has 1 rings (SSSR count). The molecule has 0 amide bonds. The molecule has 0 saturated carbocycles. The molecule has 2 radical (unpaired) electrons. The van der Waals surface area contributed by atoms with E-state index >= 15 is 0 Å². The van der Waals surface area contributed by atoms with Crippen LogP contribution in [0.2, 0.25) is 6.32 Å². The summed E-state index contributed by atoms with van der Waals surface area (Å²) in [6.07, 6.45) is 10.6. The van der Waals surface area contributed by atoms with Crippen molar-refractivity contribution in [3.8, 4) is 0 Å². The molecule has 0 spiro atoms. The molecule has 1 heteroatoms. The van der Waals surface area contributed by atoms with E-state index in [0.29, 0.717) is 22.7 Å². The van der Waals surface area contributed by atoms with Gasteiger partial charge in [-0.05, 0) is 48.3 Å². The van der Waals surface area contributed by atoms with Gasteiger partial charge in [0.15, 0.2) is 0 Å². The van der Waals surface area contributed by atoms with Gasteiger partial charge in [-0.3, -0.25) is 0 Å². The molecule has 0 aliphatic heterocycles. The van der Waals surface area contributed by atoms with Gasteiger partial charge in [-0.15, -0.1) is 0 Å². The molecule has 96 valence electrons. The van der Waals surface area contributed by atoms with Crippen LogP contribution >= 0.6 is 0 Å².